The number of hydrogen-bond acceptors (Lipinski definition) is 5. The molecule has 2 aromatic rings. The zero-order valence-electron chi connectivity index (χ0n) is 11.4. The third kappa shape index (κ3) is 3.29. The zero-order valence-corrected chi connectivity index (χ0v) is 13.0. The third-order valence-corrected chi connectivity index (χ3v) is 6.25. The van der Waals surface area contributed by atoms with Gasteiger partial charge in [-0.15, -0.1) is 11.3 Å². The Balaban J connectivity index is 2.15. The summed E-state index contributed by atoms with van der Waals surface area (Å²) in [6, 6.07) is 6.89. The van der Waals surface area contributed by atoms with Crippen molar-refractivity contribution in [2.45, 2.75) is 24.1 Å². The maximum absolute atomic E-state index is 12.4. The van der Waals surface area contributed by atoms with Crippen LogP contribution in [0.1, 0.15) is 16.4 Å². The smallest absolute Gasteiger partial charge is 0.252 e. The van der Waals surface area contributed by atoms with Crippen LogP contribution in [0.25, 0.3) is 0 Å². The van der Waals surface area contributed by atoms with Gasteiger partial charge in [-0.3, -0.25) is 0 Å². The number of aryl methyl sites for hydroxylation is 1. The Kier molecular flexibility index (Phi) is 4.64. The average Bonchev–Trinajstić information content (AvgIpc) is 2.99. The minimum Gasteiger partial charge on any atom is -0.465 e. The van der Waals surface area contributed by atoms with Gasteiger partial charge in [-0.25, -0.2) is 8.42 Å². The first-order valence-electron chi connectivity index (χ1n) is 6.14. The van der Waals surface area contributed by atoms with Crippen LogP contribution < -0.4 is 0 Å². The topological polar surface area (TPSA) is 70.8 Å². The standard InChI is InChI=1S/C13H17NO4S2/c1-10-3-4-11(18-10)9-14(2)20(16,17)13-6-5-12(19-13)7-8-15/h3-6,15H,7-9H2,1-2H3. The molecule has 0 radical (unpaired) electrons. The second kappa shape index (κ2) is 6.09. The quantitative estimate of drug-likeness (QED) is 0.885. The molecule has 0 saturated carbocycles. The average molecular weight is 315 g/mol. The minimum absolute atomic E-state index is 0.0154. The Labute approximate surface area is 122 Å². The highest BCUT2D eigenvalue weighted by atomic mass is 32.2. The van der Waals surface area contributed by atoms with E-state index in [1.807, 2.05) is 6.92 Å². The molecule has 110 valence electrons. The van der Waals surface area contributed by atoms with Crippen molar-refractivity contribution in [1.29, 1.82) is 0 Å². The van der Waals surface area contributed by atoms with Gasteiger partial charge in [0.25, 0.3) is 10.0 Å². The molecule has 5 nitrogen and oxygen atoms in total. The molecule has 7 heteroatoms. The number of hydrogen-bond donors (Lipinski definition) is 1. The molecule has 0 aliphatic heterocycles. The normalized spacial score (nSPS) is 12.2. The summed E-state index contributed by atoms with van der Waals surface area (Å²) in [6.07, 6.45) is 0.473. The summed E-state index contributed by atoms with van der Waals surface area (Å²) >= 11 is 1.19. The van der Waals surface area contributed by atoms with Crippen molar-refractivity contribution in [3.8, 4) is 0 Å². The van der Waals surface area contributed by atoms with Crippen LogP contribution >= 0.6 is 11.3 Å². The molecule has 0 saturated heterocycles. The van der Waals surface area contributed by atoms with Gasteiger partial charge in [-0.2, -0.15) is 4.31 Å². The van der Waals surface area contributed by atoms with Crippen LogP contribution in [0.3, 0.4) is 0 Å². The Bertz CT molecular complexity index is 672. The summed E-state index contributed by atoms with van der Waals surface area (Å²) in [5, 5.41) is 8.87. The summed E-state index contributed by atoms with van der Waals surface area (Å²) in [7, 11) is -1.99. The molecule has 0 aromatic carbocycles. The Morgan fingerprint density at radius 3 is 2.65 bits per heavy atom. The third-order valence-electron chi connectivity index (χ3n) is 2.83. The maximum Gasteiger partial charge on any atom is 0.252 e. The van der Waals surface area contributed by atoms with E-state index in [1.165, 1.54) is 22.7 Å². The van der Waals surface area contributed by atoms with Gasteiger partial charge < -0.3 is 9.52 Å². The lowest BCUT2D eigenvalue weighted by Crippen LogP contribution is -2.25. The van der Waals surface area contributed by atoms with Gasteiger partial charge in [-0.05, 0) is 31.2 Å². The molecular formula is C13H17NO4S2. The Morgan fingerprint density at radius 1 is 1.30 bits per heavy atom. The van der Waals surface area contributed by atoms with Crippen molar-refractivity contribution in [2.75, 3.05) is 13.7 Å². The van der Waals surface area contributed by atoms with E-state index in [2.05, 4.69) is 0 Å². The molecule has 2 rings (SSSR count). The lowest BCUT2D eigenvalue weighted by Gasteiger charge is -2.14. The Hall–Kier alpha value is -1.15. The molecule has 2 heterocycles. The fraction of sp³-hybridized carbons (Fsp3) is 0.385. The van der Waals surface area contributed by atoms with Crippen molar-refractivity contribution in [3.63, 3.8) is 0 Å². The van der Waals surface area contributed by atoms with E-state index >= 15 is 0 Å². The van der Waals surface area contributed by atoms with Crippen molar-refractivity contribution < 1.29 is 17.9 Å². The van der Waals surface area contributed by atoms with Gasteiger partial charge in [-0.1, -0.05) is 0 Å². The second-order valence-electron chi connectivity index (χ2n) is 4.47. The van der Waals surface area contributed by atoms with Crippen LogP contribution in [0, 0.1) is 6.92 Å². The van der Waals surface area contributed by atoms with Gasteiger partial charge >= 0.3 is 0 Å². The molecule has 20 heavy (non-hydrogen) atoms. The lowest BCUT2D eigenvalue weighted by molar-refractivity contribution is 0.300. The molecule has 0 aliphatic carbocycles. The number of thiophene rings is 1. The summed E-state index contributed by atoms with van der Waals surface area (Å²) in [4.78, 5) is 0.855. The molecule has 0 unspecified atom stereocenters. The molecule has 2 aromatic heterocycles. The van der Waals surface area contributed by atoms with Gasteiger partial charge in [0, 0.05) is 25.0 Å². The predicted octanol–water partition coefficient (Wildman–Crippen LogP) is 2.01. The highest BCUT2D eigenvalue weighted by Gasteiger charge is 2.23. The van der Waals surface area contributed by atoms with E-state index in [9.17, 15) is 8.42 Å². The number of rotatable bonds is 6. The van der Waals surface area contributed by atoms with Crippen LogP contribution in [0.15, 0.2) is 32.9 Å². The molecule has 0 aliphatic rings. The number of sulfonamides is 1. The summed E-state index contributed by atoms with van der Waals surface area (Å²) in [5.41, 5.74) is 0. The fourth-order valence-electron chi connectivity index (χ4n) is 1.77. The van der Waals surface area contributed by atoms with Crippen LogP contribution in [0.5, 0.6) is 0 Å². The first-order valence-corrected chi connectivity index (χ1v) is 8.40. The van der Waals surface area contributed by atoms with E-state index < -0.39 is 10.0 Å². The van der Waals surface area contributed by atoms with Gasteiger partial charge in [0.15, 0.2) is 0 Å². The summed E-state index contributed by atoms with van der Waals surface area (Å²) < 4.78 is 31.7. The van der Waals surface area contributed by atoms with Crippen LogP contribution in [-0.2, 0) is 23.0 Å². The number of furan rings is 1. The first-order chi connectivity index (χ1) is 9.43. The fourth-order valence-corrected chi connectivity index (χ4v) is 4.46. The van der Waals surface area contributed by atoms with Gasteiger partial charge in [0.1, 0.15) is 15.7 Å². The van der Waals surface area contributed by atoms with Crippen LogP contribution in [-0.4, -0.2) is 31.5 Å². The molecule has 0 atom stereocenters. The number of aliphatic hydroxyl groups is 1. The van der Waals surface area contributed by atoms with E-state index in [4.69, 9.17) is 9.52 Å². The van der Waals surface area contributed by atoms with E-state index in [0.29, 0.717) is 12.2 Å². The maximum atomic E-state index is 12.4. The zero-order chi connectivity index (χ0) is 14.8. The Morgan fingerprint density at radius 2 is 2.05 bits per heavy atom. The molecule has 0 amide bonds. The SMILES string of the molecule is Cc1ccc(CN(C)S(=O)(=O)c2ccc(CCO)s2)o1. The number of nitrogens with zero attached hydrogens (tertiary/aromatic N) is 1. The largest absolute Gasteiger partial charge is 0.465 e. The van der Waals surface area contributed by atoms with Crippen molar-refractivity contribution in [2.24, 2.45) is 0 Å². The summed E-state index contributed by atoms with van der Waals surface area (Å²) in [6.45, 7) is 2.03. The van der Waals surface area contributed by atoms with Crippen molar-refractivity contribution >= 4 is 21.4 Å². The van der Waals surface area contributed by atoms with E-state index in [0.717, 1.165) is 10.6 Å². The highest BCUT2D eigenvalue weighted by Crippen LogP contribution is 2.25. The van der Waals surface area contributed by atoms with E-state index in [1.54, 1.807) is 24.3 Å². The van der Waals surface area contributed by atoms with Crippen molar-refractivity contribution in [1.82, 2.24) is 4.31 Å². The molecule has 0 fully saturated rings. The molecule has 0 bridgehead atoms. The lowest BCUT2D eigenvalue weighted by atomic mass is 10.4. The highest BCUT2D eigenvalue weighted by molar-refractivity contribution is 7.91. The van der Waals surface area contributed by atoms with Gasteiger partial charge in [0.2, 0.25) is 0 Å². The van der Waals surface area contributed by atoms with Crippen LogP contribution in [0.2, 0.25) is 0 Å². The van der Waals surface area contributed by atoms with Crippen molar-refractivity contribution in [3.05, 3.63) is 40.7 Å². The number of aliphatic hydroxyl groups excluding tert-OH is 1. The second-order valence-corrected chi connectivity index (χ2v) is 7.91. The predicted molar refractivity (Wildman–Crippen MR) is 77.2 cm³/mol. The first kappa shape index (κ1) is 15.2. The molecule has 0 spiro atoms. The molecule has 1 N–H and O–H groups in total. The minimum atomic E-state index is -3.52. The van der Waals surface area contributed by atoms with Gasteiger partial charge in [0.05, 0.1) is 6.54 Å². The monoisotopic (exact) mass is 315 g/mol. The van der Waals surface area contributed by atoms with Crippen LogP contribution in [0.4, 0.5) is 0 Å². The van der Waals surface area contributed by atoms with E-state index in [-0.39, 0.29) is 17.4 Å². The summed E-state index contributed by atoms with van der Waals surface area (Å²) in [5.74, 6) is 1.37. The molecular weight excluding hydrogens is 298 g/mol.